The van der Waals surface area contributed by atoms with Gasteiger partial charge in [-0.15, -0.1) is 0 Å². The maximum Gasteiger partial charge on any atom is 0.408 e. The number of aryl methyl sites for hydroxylation is 1. The number of aromatic nitrogens is 2. The summed E-state index contributed by atoms with van der Waals surface area (Å²) in [6.45, 7) is 9.10. The Bertz CT molecular complexity index is 876. The van der Waals surface area contributed by atoms with Gasteiger partial charge in [-0.1, -0.05) is 26.0 Å². The maximum atomic E-state index is 12.8. The number of hydrogen-bond acceptors (Lipinski definition) is 5. The average Bonchev–Trinajstić information content (AvgIpc) is 3.05. The number of rotatable bonds is 7. The van der Waals surface area contributed by atoms with E-state index in [0.29, 0.717) is 11.3 Å². The molecule has 2 aromatic rings. The summed E-state index contributed by atoms with van der Waals surface area (Å²) in [5.41, 5.74) is 0.853. The molecule has 164 valence electrons. The highest BCUT2D eigenvalue weighted by atomic mass is 32.2. The first-order valence-electron chi connectivity index (χ1n) is 9.76. The van der Waals surface area contributed by atoms with Gasteiger partial charge >= 0.3 is 6.09 Å². The lowest BCUT2D eigenvalue weighted by Gasteiger charge is -2.24. The molecule has 0 spiro atoms. The smallest absolute Gasteiger partial charge is 0.408 e. The van der Waals surface area contributed by atoms with Gasteiger partial charge in [-0.3, -0.25) is 9.48 Å². The number of alkyl carbamates (subject to hydrolysis) is 1. The van der Waals surface area contributed by atoms with Crippen LogP contribution in [0.5, 0.6) is 0 Å². The van der Waals surface area contributed by atoms with E-state index in [9.17, 15) is 14.1 Å². The fourth-order valence-corrected chi connectivity index (χ4v) is 3.59. The summed E-state index contributed by atoms with van der Waals surface area (Å²) in [6, 6.07) is 8.00. The first kappa shape index (κ1) is 23.8. The van der Waals surface area contributed by atoms with Crippen molar-refractivity contribution in [2.24, 2.45) is 13.0 Å². The third-order valence-corrected chi connectivity index (χ3v) is 5.03. The second-order valence-corrected chi connectivity index (χ2v) is 9.68. The molecule has 2 N–H and O–H groups in total. The van der Waals surface area contributed by atoms with Crippen LogP contribution < -0.4 is 10.0 Å². The summed E-state index contributed by atoms with van der Waals surface area (Å²) < 4.78 is 22.2. The van der Waals surface area contributed by atoms with Crippen LogP contribution in [0.25, 0.3) is 11.3 Å². The molecule has 9 heteroatoms. The molecule has 0 saturated heterocycles. The van der Waals surface area contributed by atoms with Gasteiger partial charge in [-0.25, -0.2) is 4.79 Å². The molecule has 0 bridgehead atoms. The Hall–Kier alpha value is -2.52. The van der Waals surface area contributed by atoms with E-state index in [4.69, 9.17) is 4.74 Å². The number of nitrogens with zero attached hydrogens (tertiary/aromatic N) is 2. The van der Waals surface area contributed by atoms with Gasteiger partial charge in [0.1, 0.15) is 23.0 Å². The topological polar surface area (TPSA) is 108 Å². The van der Waals surface area contributed by atoms with Crippen molar-refractivity contribution in [3.63, 3.8) is 0 Å². The minimum absolute atomic E-state index is 0.136. The van der Waals surface area contributed by atoms with Gasteiger partial charge in [0.25, 0.3) is 5.91 Å². The summed E-state index contributed by atoms with van der Waals surface area (Å²) in [7, 11) is 1.82. The molecule has 1 aromatic carbocycles. The normalized spacial score (nSPS) is 13.6. The van der Waals surface area contributed by atoms with Gasteiger partial charge < -0.3 is 14.6 Å². The van der Waals surface area contributed by atoms with Crippen molar-refractivity contribution >= 4 is 23.4 Å². The fourth-order valence-electron chi connectivity index (χ4n) is 2.71. The zero-order valence-electron chi connectivity index (χ0n) is 18.3. The van der Waals surface area contributed by atoms with Crippen LogP contribution in [0.4, 0.5) is 4.79 Å². The predicted octanol–water partition coefficient (Wildman–Crippen LogP) is 3.17. The summed E-state index contributed by atoms with van der Waals surface area (Å²) >= 11 is -1.79. The van der Waals surface area contributed by atoms with Crippen molar-refractivity contribution in [3.8, 4) is 11.3 Å². The lowest BCUT2D eigenvalue weighted by atomic mass is 10.0. The lowest BCUT2D eigenvalue weighted by molar-refractivity contribution is -0.121. The van der Waals surface area contributed by atoms with E-state index in [1.54, 1.807) is 43.7 Å². The summed E-state index contributed by atoms with van der Waals surface area (Å²) in [4.78, 5) is 25.3. The summed E-state index contributed by atoms with van der Waals surface area (Å²) in [5, 5.41) is 6.92. The predicted molar refractivity (Wildman–Crippen MR) is 116 cm³/mol. The highest BCUT2D eigenvalue weighted by Crippen LogP contribution is 2.21. The first-order valence-corrected chi connectivity index (χ1v) is 10.9. The molecule has 0 aliphatic rings. The van der Waals surface area contributed by atoms with Crippen LogP contribution in [0.2, 0.25) is 0 Å². The summed E-state index contributed by atoms with van der Waals surface area (Å²) in [6.07, 6.45) is 1.52. The molecule has 30 heavy (non-hydrogen) atoms. The summed E-state index contributed by atoms with van der Waals surface area (Å²) in [5.74, 6) is -0.396. The van der Waals surface area contributed by atoms with Crippen molar-refractivity contribution < 1.29 is 18.9 Å². The molecule has 0 saturated carbocycles. The maximum absolute atomic E-state index is 12.8. The zero-order chi connectivity index (χ0) is 22.5. The largest absolute Gasteiger partial charge is 0.588 e. The molecule has 0 aliphatic carbocycles. The Balaban J connectivity index is 2.09. The number of carbonyl (C=O) groups excluding carboxylic acids is 2. The van der Waals surface area contributed by atoms with E-state index in [1.165, 1.54) is 0 Å². The first-order chi connectivity index (χ1) is 13.9. The molecule has 2 amide bonds. The van der Waals surface area contributed by atoms with E-state index in [0.717, 1.165) is 11.3 Å². The molecule has 0 radical (unpaired) electrons. The second kappa shape index (κ2) is 9.99. The van der Waals surface area contributed by atoms with Crippen LogP contribution in [0, 0.1) is 5.92 Å². The van der Waals surface area contributed by atoms with Crippen molar-refractivity contribution in [2.75, 3.05) is 0 Å². The SMILES string of the molecule is CC(C)CC(NC(=O)OC(C)(C)C)C(=O)N[S+]([O-])c1cccc(-c2ccn(C)n2)c1. The van der Waals surface area contributed by atoms with E-state index >= 15 is 0 Å². The molecule has 1 heterocycles. The van der Waals surface area contributed by atoms with Crippen LogP contribution in [0.1, 0.15) is 41.0 Å². The fraction of sp³-hybridized carbons (Fsp3) is 0.476. The minimum Gasteiger partial charge on any atom is -0.588 e. The van der Waals surface area contributed by atoms with Gasteiger partial charge in [-0.2, -0.15) is 9.82 Å². The second-order valence-electron chi connectivity index (χ2n) is 8.47. The molecule has 2 rings (SSSR count). The molecule has 8 nitrogen and oxygen atoms in total. The third kappa shape index (κ3) is 7.38. The molecule has 2 atom stereocenters. The van der Waals surface area contributed by atoms with E-state index in [1.807, 2.05) is 39.2 Å². The van der Waals surface area contributed by atoms with E-state index < -0.39 is 35.0 Å². The number of nitrogens with one attached hydrogen (secondary N) is 2. The Labute approximate surface area is 180 Å². The van der Waals surface area contributed by atoms with Crippen molar-refractivity contribution in [1.82, 2.24) is 19.8 Å². The molecule has 0 aliphatic heterocycles. The Morgan fingerprint density at radius 2 is 1.97 bits per heavy atom. The van der Waals surface area contributed by atoms with Crippen LogP contribution in [-0.4, -0.2) is 38.0 Å². The van der Waals surface area contributed by atoms with E-state index in [-0.39, 0.29) is 5.92 Å². The van der Waals surface area contributed by atoms with Crippen LogP contribution in [0.15, 0.2) is 41.4 Å². The van der Waals surface area contributed by atoms with Crippen LogP contribution in [0.3, 0.4) is 0 Å². The average molecular weight is 435 g/mol. The van der Waals surface area contributed by atoms with Crippen LogP contribution >= 0.6 is 0 Å². The number of benzene rings is 1. The Morgan fingerprint density at radius 3 is 2.53 bits per heavy atom. The quantitative estimate of drug-likeness (QED) is 0.651. The molecular weight excluding hydrogens is 404 g/mol. The van der Waals surface area contributed by atoms with Gasteiger partial charge in [0.15, 0.2) is 4.90 Å². The molecule has 2 unspecified atom stereocenters. The molecule has 1 aromatic heterocycles. The molecular formula is C21H30N4O4S. The minimum atomic E-state index is -1.79. The van der Waals surface area contributed by atoms with Crippen molar-refractivity contribution in [3.05, 3.63) is 36.5 Å². The highest BCUT2D eigenvalue weighted by molar-refractivity contribution is 7.90. The van der Waals surface area contributed by atoms with Gasteiger partial charge in [0, 0.05) is 24.9 Å². The highest BCUT2D eigenvalue weighted by Gasteiger charge is 2.28. The number of amides is 2. The van der Waals surface area contributed by atoms with Crippen molar-refractivity contribution in [1.29, 1.82) is 0 Å². The number of hydrogen-bond donors (Lipinski definition) is 2. The monoisotopic (exact) mass is 434 g/mol. The molecule has 0 fully saturated rings. The lowest BCUT2D eigenvalue weighted by Crippen LogP contribution is -2.50. The van der Waals surface area contributed by atoms with Crippen LogP contribution in [-0.2, 0) is 27.9 Å². The number of carbonyl (C=O) groups is 2. The van der Waals surface area contributed by atoms with Gasteiger partial charge in [-0.05, 0) is 45.2 Å². The number of ether oxygens (including phenoxy) is 1. The van der Waals surface area contributed by atoms with Crippen molar-refractivity contribution in [2.45, 2.75) is 57.6 Å². The van der Waals surface area contributed by atoms with E-state index in [2.05, 4.69) is 15.1 Å². The Kier molecular flexibility index (Phi) is 7.91. The Morgan fingerprint density at radius 1 is 1.27 bits per heavy atom. The van der Waals surface area contributed by atoms with Gasteiger partial charge in [0.05, 0.1) is 5.69 Å². The zero-order valence-corrected chi connectivity index (χ0v) is 19.1. The third-order valence-electron chi connectivity index (χ3n) is 3.97. The van der Waals surface area contributed by atoms with Gasteiger partial charge in [0.2, 0.25) is 0 Å². The standard InChI is InChI=1S/C21H30N4O4S/c1-14(2)12-18(22-20(27)29-21(3,4)5)19(26)24-30(28)16-9-7-8-15(13-16)17-10-11-25(6)23-17/h7-11,13-14,18H,12H2,1-6H3,(H,22,27)(H,24,26).